The third-order valence-electron chi connectivity index (χ3n) is 2.24. The number of carboxylic acids is 1. The van der Waals surface area contributed by atoms with Gasteiger partial charge in [0.25, 0.3) is 0 Å². The number of nitrogens with zero attached hydrogens (tertiary/aromatic N) is 1. The second-order valence-electron chi connectivity index (χ2n) is 3.36. The lowest BCUT2D eigenvalue weighted by molar-refractivity contribution is -0.143. The Hall–Kier alpha value is -1.39. The van der Waals surface area contributed by atoms with Crippen LogP contribution in [0.1, 0.15) is 11.6 Å². The maximum Gasteiger partial charge on any atom is 0.325 e. The summed E-state index contributed by atoms with van der Waals surface area (Å²) in [4.78, 5) is 12.7. The smallest absolute Gasteiger partial charge is 0.325 e. The molecule has 4 nitrogen and oxygen atoms in total. The van der Waals surface area contributed by atoms with Gasteiger partial charge in [-0.25, -0.2) is 0 Å². The maximum absolute atomic E-state index is 11.1. The molecule has 0 amide bonds. The van der Waals surface area contributed by atoms with E-state index in [2.05, 4.69) is 0 Å². The Bertz CT molecular complexity index is 313. The van der Waals surface area contributed by atoms with Crippen LogP contribution in [0.2, 0.25) is 0 Å². The molecule has 0 aromatic heterocycles. The summed E-state index contributed by atoms with van der Waals surface area (Å²) in [5.74, 6) is -0.905. The number of hydrogen-bond acceptors (Lipinski definition) is 3. The summed E-state index contributed by atoms with van der Waals surface area (Å²) in [7, 11) is 1.68. The molecule has 0 aliphatic heterocycles. The summed E-state index contributed by atoms with van der Waals surface area (Å²) < 4.78 is 0. The second kappa shape index (κ2) is 5.48. The molecule has 0 aliphatic rings. The Labute approximate surface area is 88.8 Å². The van der Waals surface area contributed by atoms with Gasteiger partial charge in [-0.15, -0.1) is 0 Å². The summed E-state index contributed by atoms with van der Waals surface area (Å²) >= 11 is 0. The Morgan fingerprint density at radius 3 is 2.47 bits per heavy atom. The third kappa shape index (κ3) is 3.04. The lowest BCUT2D eigenvalue weighted by Gasteiger charge is -2.23. The number of aliphatic hydroxyl groups is 1. The average Bonchev–Trinajstić information content (AvgIpc) is 2.19. The van der Waals surface area contributed by atoms with Crippen molar-refractivity contribution in [3.8, 4) is 0 Å². The Balaban J connectivity index is 2.88. The van der Waals surface area contributed by atoms with Crippen molar-refractivity contribution in [1.82, 2.24) is 4.90 Å². The first-order chi connectivity index (χ1) is 7.16. The van der Waals surface area contributed by atoms with Crippen molar-refractivity contribution >= 4 is 5.97 Å². The number of likely N-dealkylation sites (N-methyl/N-ethyl adjacent to an activating group) is 1. The lowest BCUT2D eigenvalue weighted by atomic mass is 10.1. The van der Waals surface area contributed by atoms with Crippen LogP contribution in [0.5, 0.6) is 0 Å². The van der Waals surface area contributed by atoms with Crippen LogP contribution in [0.25, 0.3) is 0 Å². The topological polar surface area (TPSA) is 60.8 Å². The van der Waals surface area contributed by atoms with E-state index in [1.807, 2.05) is 6.07 Å². The molecule has 4 heteroatoms. The second-order valence-corrected chi connectivity index (χ2v) is 3.36. The van der Waals surface area contributed by atoms with Gasteiger partial charge in [-0.3, -0.25) is 9.69 Å². The molecule has 0 fully saturated rings. The van der Waals surface area contributed by atoms with Gasteiger partial charge in [0.05, 0.1) is 6.61 Å². The first kappa shape index (κ1) is 11.7. The molecule has 82 valence electrons. The van der Waals surface area contributed by atoms with E-state index in [0.717, 1.165) is 5.56 Å². The van der Waals surface area contributed by atoms with E-state index >= 15 is 0 Å². The van der Waals surface area contributed by atoms with E-state index in [1.165, 1.54) is 0 Å². The number of aliphatic hydroxyl groups excluding tert-OH is 1. The van der Waals surface area contributed by atoms with Crippen molar-refractivity contribution < 1.29 is 15.0 Å². The van der Waals surface area contributed by atoms with Crippen LogP contribution in [0.4, 0.5) is 0 Å². The molecule has 0 aliphatic carbocycles. The van der Waals surface area contributed by atoms with E-state index in [4.69, 9.17) is 10.2 Å². The van der Waals surface area contributed by atoms with Gasteiger partial charge in [0, 0.05) is 6.54 Å². The molecule has 0 bridgehead atoms. The zero-order chi connectivity index (χ0) is 11.3. The standard InChI is InChI=1S/C11H15NO3/c1-12(7-8-13)10(11(14)15)9-5-3-2-4-6-9/h2-6,10,13H,7-8H2,1H3,(H,14,15). The highest BCUT2D eigenvalue weighted by Crippen LogP contribution is 2.18. The van der Waals surface area contributed by atoms with Crippen molar-refractivity contribution in [2.45, 2.75) is 6.04 Å². The highest BCUT2D eigenvalue weighted by molar-refractivity contribution is 5.75. The zero-order valence-electron chi connectivity index (χ0n) is 8.63. The number of carbonyl (C=O) groups is 1. The molecule has 1 atom stereocenters. The van der Waals surface area contributed by atoms with Gasteiger partial charge in [-0.2, -0.15) is 0 Å². The van der Waals surface area contributed by atoms with Gasteiger partial charge in [-0.1, -0.05) is 30.3 Å². The first-order valence-corrected chi connectivity index (χ1v) is 4.75. The minimum Gasteiger partial charge on any atom is -0.480 e. The van der Waals surface area contributed by atoms with E-state index < -0.39 is 12.0 Å². The van der Waals surface area contributed by atoms with Gasteiger partial charge >= 0.3 is 5.97 Å². The predicted molar refractivity (Wildman–Crippen MR) is 56.5 cm³/mol. The van der Waals surface area contributed by atoms with Crippen molar-refractivity contribution in [1.29, 1.82) is 0 Å². The van der Waals surface area contributed by atoms with Crippen LogP contribution in [0.15, 0.2) is 30.3 Å². The molecular formula is C11H15NO3. The van der Waals surface area contributed by atoms with Crippen LogP contribution in [-0.2, 0) is 4.79 Å². The molecular weight excluding hydrogens is 194 g/mol. The summed E-state index contributed by atoms with van der Waals surface area (Å²) in [6, 6.07) is 8.29. The number of benzene rings is 1. The van der Waals surface area contributed by atoms with Crippen LogP contribution >= 0.6 is 0 Å². The molecule has 0 saturated heterocycles. The highest BCUT2D eigenvalue weighted by atomic mass is 16.4. The van der Waals surface area contributed by atoms with Gasteiger partial charge in [0.15, 0.2) is 0 Å². The van der Waals surface area contributed by atoms with Crippen LogP contribution in [-0.4, -0.2) is 41.3 Å². The van der Waals surface area contributed by atoms with E-state index in [1.54, 1.807) is 36.2 Å². The highest BCUT2D eigenvalue weighted by Gasteiger charge is 2.23. The first-order valence-electron chi connectivity index (χ1n) is 4.75. The molecule has 0 saturated carbocycles. The molecule has 1 aromatic rings. The van der Waals surface area contributed by atoms with Crippen molar-refractivity contribution in [2.24, 2.45) is 0 Å². The van der Waals surface area contributed by atoms with Gasteiger partial charge < -0.3 is 10.2 Å². The monoisotopic (exact) mass is 209 g/mol. The Kier molecular flexibility index (Phi) is 4.27. The van der Waals surface area contributed by atoms with Crippen LogP contribution in [0.3, 0.4) is 0 Å². The van der Waals surface area contributed by atoms with Crippen molar-refractivity contribution in [3.05, 3.63) is 35.9 Å². The molecule has 1 aromatic carbocycles. The van der Waals surface area contributed by atoms with Gasteiger partial charge in [-0.05, 0) is 12.6 Å². The Morgan fingerprint density at radius 2 is 2.00 bits per heavy atom. The largest absolute Gasteiger partial charge is 0.480 e. The molecule has 1 rings (SSSR count). The summed E-state index contributed by atoms with van der Waals surface area (Å²) in [6.07, 6.45) is 0. The molecule has 0 heterocycles. The number of aliphatic carboxylic acids is 1. The zero-order valence-corrected chi connectivity index (χ0v) is 8.63. The molecule has 0 spiro atoms. The van der Waals surface area contributed by atoms with Crippen molar-refractivity contribution in [3.63, 3.8) is 0 Å². The number of rotatable bonds is 5. The Morgan fingerprint density at radius 1 is 1.40 bits per heavy atom. The fourth-order valence-corrected chi connectivity index (χ4v) is 1.51. The van der Waals surface area contributed by atoms with Gasteiger partial charge in [0.2, 0.25) is 0 Å². The lowest BCUT2D eigenvalue weighted by Crippen LogP contribution is -2.32. The molecule has 0 radical (unpaired) electrons. The van der Waals surface area contributed by atoms with Gasteiger partial charge in [0.1, 0.15) is 6.04 Å². The minimum absolute atomic E-state index is 0.0485. The molecule has 1 unspecified atom stereocenters. The number of carboxylic acid groups (broad SMARTS) is 1. The predicted octanol–water partition coefficient (Wildman–Crippen LogP) is 0.736. The normalized spacial score (nSPS) is 12.7. The van der Waals surface area contributed by atoms with E-state index in [-0.39, 0.29) is 6.61 Å². The van der Waals surface area contributed by atoms with Crippen molar-refractivity contribution in [2.75, 3.05) is 20.2 Å². The molecule has 2 N–H and O–H groups in total. The minimum atomic E-state index is -0.905. The van der Waals surface area contributed by atoms with E-state index in [0.29, 0.717) is 6.54 Å². The maximum atomic E-state index is 11.1. The third-order valence-corrected chi connectivity index (χ3v) is 2.24. The number of hydrogen-bond donors (Lipinski definition) is 2. The summed E-state index contributed by atoms with van der Waals surface area (Å²) in [5, 5.41) is 17.9. The quantitative estimate of drug-likeness (QED) is 0.750. The summed E-state index contributed by atoms with van der Waals surface area (Å²) in [6.45, 7) is 0.291. The fraction of sp³-hybridized carbons (Fsp3) is 0.364. The van der Waals surface area contributed by atoms with Crippen LogP contribution in [0, 0.1) is 0 Å². The molecule has 15 heavy (non-hydrogen) atoms. The summed E-state index contributed by atoms with van der Waals surface area (Å²) in [5.41, 5.74) is 0.723. The fourth-order valence-electron chi connectivity index (χ4n) is 1.51. The average molecular weight is 209 g/mol. The SMILES string of the molecule is CN(CCO)C(C(=O)O)c1ccccc1. The van der Waals surface area contributed by atoms with E-state index in [9.17, 15) is 4.79 Å². The van der Waals surface area contributed by atoms with Crippen LogP contribution < -0.4 is 0 Å².